The summed E-state index contributed by atoms with van der Waals surface area (Å²) in [5.74, 6) is -2.49. The molecule has 0 aromatic heterocycles. The number of carbonyl (C=O) groups is 2. The predicted octanol–water partition coefficient (Wildman–Crippen LogP) is 1.23. The van der Waals surface area contributed by atoms with E-state index in [1.807, 2.05) is 30.3 Å². The zero-order valence-electron chi connectivity index (χ0n) is 11.3. The zero-order chi connectivity index (χ0) is 14.6. The van der Waals surface area contributed by atoms with E-state index in [0.717, 1.165) is 17.7 Å². The van der Waals surface area contributed by atoms with Crippen LogP contribution >= 0.6 is 0 Å². The second-order valence-electron chi connectivity index (χ2n) is 5.71. The summed E-state index contributed by atoms with van der Waals surface area (Å²) in [6, 6.07) is 7.78. The van der Waals surface area contributed by atoms with E-state index in [1.54, 1.807) is 11.0 Å². The molecule has 0 saturated carbocycles. The minimum absolute atomic E-state index is 0.135. The fourth-order valence-electron chi connectivity index (χ4n) is 3.64. The predicted molar refractivity (Wildman–Crippen MR) is 74.9 cm³/mol. The highest BCUT2D eigenvalue weighted by molar-refractivity contribution is 6.00. The van der Waals surface area contributed by atoms with Crippen molar-refractivity contribution in [2.45, 2.75) is 18.6 Å². The number of hydrogen-bond donors (Lipinski definition) is 1. The lowest BCUT2D eigenvalue weighted by molar-refractivity contribution is -0.146. The number of carboxylic acids is 1. The molecule has 0 spiro atoms. The summed E-state index contributed by atoms with van der Waals surface area (Å²) in [6.07, 6.45) is 3.51. The highest BCUT2D eigenvalue weighted by atomic mass is 16.5. The number of anilines is 1. The summed E-state index contributed by atoms with van der Waals surface area (Å²) in [6.45, 7) is 0.613. The van der Waals surface area contributed by atoms with Crippen LogP contribution in [0, 0.1) is 11.8 Å². The highest BCUT2D eigenvalue weighted by Gasteiger charge is 2.54. The second-order valence-corrected chi connectivity index (χ2v) is 5.71. The van der Waals surface area contributed by atoms with Crippen LogP contribution < -0.4 is 4.90 Å². The van der Waals surface area contributed by atoms with Crippen molar-refractivity contribution >= 4 is 17.6 Å². The molecule has 5 nitrogen and oxygen atoms in total. The van der Waals surface area contributed by atoms with Gasteiger partial charge in [0.1, 0.15) is 5.92 Å². The van der Waals surface area contributed by atoms with Gasteiger partial charge in [0.05, 0.1) is 18.1 Å². The van der Waals surface area contributed by atoms with Crippen molar-refractivity contribution in [2.75, 3.05) is 11.4 Å². The molecule has 5 heteroatoms. The van der Waals surface area contributed by atoms with Crippen molar-refractivity contribution in [1.29, 1.82) is 0 Å². The van der Waals surface area contributed by atoms with Crippen LogP contribution in [0.4, 0.5) is 5.69 Å². The smallest absolute Gasteiger partial charge is 0.310 e. The average Bonchev–Trinajstić information content (AvgIpc) is 3.19. The van der Waals surface area contributed by atoms with Gasteiger partial charge in [-0.3, -0.25) is 9.59 Å². The number of carboxylic acid groups (broad SMARTS) is 1. The first-order chi connectivity index (χ1) is 10.2. The van der Waals surface area contributed by atoms with Gasteiger partial charge in [-0.05, 0) is 18.1 Å². The zero-order valence-corrected chi connectivity index (χ0v) is 11.3. The fraction of sp³-hybridized carbons (Fsp3) is 0.375. The molecule has 0 unspecified atom stereocenters. The monoisotopic (exact) mass is 285 g/mol. The first-order valence-electron chi connectivity index (χ1n) is 7.12. The molecule has 1 aromatic carbocycles. The summed E-state index contributed by atoms with van der Waals surface area (Å²) >= 11 is 0. The Balaban J connectivity index is 1.67. The van der Waals surface area contributed by atoms with E-state index in [-0.39, 0.29) is 5.91 Å². The van der Waals surface area contributed by atoms with E-state index in [9.17, 15) is 14.7 Å². The van der Waals surface area contributed by atoms with Gasteiger partial charge in [0, 0.05) is 12.2 Å². The van der Waals surface area contributed by atoms with Gasteiger partial charge < -0.3 is 14.7 Å². The summed E-state index contributed by atoms with van der Waals surface area (Å²) in [4.78, 5) is 26.1. The number of nitrogens with zero attached hydrogens (tertiary/aromatic N) is 1. The normalized spacial score (nSPS) is 32.5. The fourth-order valence-corrected chi connectivity index (χ4v) is 3.64. The van der Waals surface area contributed by atoms with Gasteiger partial charge in [0.25, 0.3) is 0 Å². The van der Waals surface area contributed by atoms with E-state index in [4.69, 9.17) is 4.74 Å². The Morgan fingerprint density at radius 1 is 1.14 bits per heavy atom. The number of carbonyl (C=O) groups excluding carboxylic acids is 1. The summed E-state index contributed by atoms with van der Waals surface area (Å²) in [5.41, 5.74) is 2.04. The maximum atomic E-state index is 12.9. The van der Waals surface area contributed by atoms with Gasteiger partial charge in [0.15, 0.2) is 0 Å². The molecule has 3 aliphatic rings. The van der Waals surface area contributed by atoms with Crippen molar-refractivity contribution in [3.05, 3.63) is 42.0 Å². The molecule has 108 valence electrons. The van der Waals surface area contributed by atoms with E-state index in [0.29, 0.717) is 6.54 Å². The summed E-state index contributed by atoms with van der Waals surface area (Å²) in [5, 5.41) is 9.41. The molecule has 1 saturated heterocycles. The molecule has 0 radical (unpaired) electrons. The second kappa shape index (κ2) is 4.43. The van der Waals surface area contributed by atoms with Crippen LogP contribution in [0.2, 0.25) is 0 Å². The number of fused-ring (bicyclic) bond motifs is 3. The van der Waals surface area contributed by atoms with E-state index < -0.39 is 30.0 Å². The molecular formula is C16H15NO4. The minimum Gasteiger partial charge on any atom is -0.481 e. The molecule has 1 N–H and O–H groups in total. The van der Waals surface area contributed by atoms with Crippen molar-refractivity contribution in [2.24, 2.45) is 11.8 Å². The van der Waals surface area contributed by atoms with E-state index in [2.05, 4.69) is 0 Å². The van der Waals surface area contributed by atoms with Crippen LogP contribution in [0.15, 0.2) is 36.4 Å². The van der Waals surface area contributed by atoms with Crippen molar-refractivity contribution in [3.8, 4) is 0 Å². The molecule has 21 heavy (non-hydrogen) atoms. The molecule has 2 bridgehead atoms. The summed E-state index contributed by atoms with van der Waals surface area (Å²) < 4.78 is 5.59. The van der Waals surface area contributed by atoms with Crippen LogP contribution in [-0.4, -0.2) is 35.7 Å². The lowest BCUT2D eigenvalue weighted by atomic mass is 9.82. The lowest BCUT2D eigenvalue weighted by Crippen LogP contribution is -2.44. The number of para-hydroxylation sites is 1. The number of amides is 1. The van der Waals surface area contributed by atoms with Crippen molar-refractivity contribution in [3.63, 3.8) is 0 Å². The first-order valence-corrected chi connectivity index (χ1v) is 7.12. The van der Waals surface area contributed by atoms with Crippen molar-refractivity contribution in [1.82, 2.24) is 0 Å². The minimum atomic E-state index is -0.960. The third kappa shape index (κ3) is 1.74. The molecular weight excluding hydrogens is 270 g/mol. The van der Waals surface area contributed by atoms with Crippen LogP contribution in [0.5, 0.6) is 0 Å². The Kier molecular flexibility index (Phi) is 2.65. The molecule has 1 fully saturated rings. The number of ether oxygens (including phenoxy) is 1. The Labute approximate surface area is 121 Å². The maximum Gasteiger partial charge on any atom is 0.310 e. The van der Waals surface area contributed by atoms with Gasteiger partial charge in [-0.1, -0.05) is 30.4 Å². The highest BCUT2D eigenvalue weighted by Crippen LogP contribution is 2.42. The van der Waals surface area contributed by atoms with Crippen LogP contribution in [0.1, 0.15) is 5.56 Å². The molecule has 4 atom stereocenters. The molecule has 4 rings (SSSR count). The maximum absolute atomic E-state index is 12.9. The third-order valence-electron chi connectivity index (χ3n) is 4.62. The van der Waals surface area contributed by atoms with Gasteiger partial charge in [-0.25, -0.2) is 0 Å². The largest absolute Gasteiger partial charge is 0.481 e. The van der Waals surface area contributed by atoms with Crippen molar-refractivity contribution < 1.29 is 19.4 Å². The van der Waals surface area contributed by atoms with E-state index >= 15 is 0 Å². The molecule has 1 amide bonds. The van der Waals surface area contributed by atoms with Gasteiger partial charge >= 0.3 is 5.97 Å². The number of hydrogen-bond acceptors (Lipinski definition) is 3. The van der Waals surface area contributed by atoms with Gasteiger partial charge in [0.2, 0.25) is 5.91 Å². The topological polar surface area (TPSA) is 66.8 Å². The lowest BCUT2D eigenvalue weighted by Gasteiger charge is -2.26. The molecule has 0 aliphatic carbocycles. The van der Waals surface area contributed by atoms with Crippen LogP contribution in [0.3, 0.4) is 0 Å². The SMILES string of the molecule is O=C(O)[C@@H]1[C@@H](C(=O)N2CCc3ccccc32)[C@H]2C=C[C@H]1O2. The molecule has 3 aliphatic heterocycles. The van der Waals surface area contributed by atoms with E-state index in [1.165, 1.54) is 0 Å². The standard InChI is InChI=1S/C16H15NO4/c18-15(17-8-7-9-3-1-2-4-10(9)17)13-11-5-6-12(21-11)14(13)16(19)20/h1-6,11-14H,7-8H2,(H,19,20)/t11-,12-,13+,14+/m1/s1. The Bertz CT molecular complexity index is 653. The van der Waals surface area contributed by atoms with Crippen LogP contribution in [-0.2, 0) is 20.7 Å². The first kappa shape index (κ1) is 12.6. The van der Waals surface area contributed by atoms with Gasteiger partial charge in [-0.15, -0.1) is 0 Å². The third-order valence-corrected chi connectivity index (χ3v) is 4.62. The quantitative estimate of drug-likeness (QED) is 0.830. The molecule has 1 aromatic rings. The summed E-state index contributed by atoms with van der Waals surface area (Å²) in [7, 11) is 0. The Hall–Kier alpha value is -2.14. The number of aliphatic carboxylic acids is 1. The van der Waals surface area contributed by atoms with Gasteiger partial charge in [-0.2, -0.15) is 0 Å². The Morgan fingerprint density at radius 2 is 1.86 bits per heavy atom. The number of benzene rings is 1. The number of rotatable bonds is 2. The average molecular weight is 285 g/mol. The Morgan fingerprint density at radius 3 is 2.62 bits per heavy atom. The van der Waals surface area contributed by atoms with Crippen LogP contribution in [0.25, 0.3) is 0 Å². The molecule has 3 heterocycles.